The van der Waals surface area contributed by atoms with E-state index in [0.717, 1.165) is 0 Å². The second kappa shape index (κ2) is 6.56. The summed E-state index contributed by atoms with van der Waals surface area (Å²) in [5, 5.41) is 8.76. The minimum atomic E-state index is -0.808. The average molecular weight is 295 g/mol. The van der Waals surface area contributed by atoms with E-state index in [9.17, 15) is 14.0 Å². The molecule has 114 valence electrons. The Balaban J connectivity index is 1.98. The summed E-state index contributed by atoms with van der Waals surface area (Å²) in [4.78, 5) is 24.6. The molecular weight excluding hydrogens is 277 g/mol. The van der Waals surface area contributed by atoms with Crippen LogP contribution in [0.3, 0.4) is 0 Å². The molecule has 1 N–H and O–H groups in total. The maximum atomic E-state index is 13.6. The molecule has 1 amide bonds. The van der Waals surface area contributed by atoms with Crippen LogP contribution in [0.2, 0.25) is 0 Å². The summed E-state index contributed by atoms with van der Waals surface area (Å²) in [5.41, 5.74) is 0.282. The first-order valence-electron chi connectivity index (χ1n) is 6.86. The predicted octanol–water partition coefficient (Wildman–Crippen LogP) is 2.16. The smallest absolute Gasteiger partial charge is 0.303 e. The van der Waals surface area contributed by atoms with Crippen LogP contribution in [-0.2, 0) is 4.79 Å². The highest BCUT2D eigenvalue weighted by atomic mass is 19.1. The number of piperidine rings is 1. The van der Waals surface area contributed by atoms with Crippen LogP contribution < -0.4 is 4.74 Å². The van der Waals surface area contributed by atoms with Gasteiger partial charge in [0.05, 0.1) is 7.11 Å². The zero-order valence-corrected chi connectivity index (χ0v) is 11.8. The number of nitrogens with zero attached hydrogens (tertiary/aromatic N) is 1. The molecule has 21 heavy (non-hydrogen) atoms. The minimum Gasteiger partial charge on any atom is -0.494 e. The summed E-state index contributed by atoms with van der Waals surface area (Å²) in [6, 6.07) is 4.14. The summed E-state index contributed by atoms with van der Waals surface area (Å²) in [6.45, 7) is 1.01. The molecule has 1 aliphatic heterocycles. The van der Waals surface area contributed by atoms with Crippen LogP contribution in [0.5, 0.6) is 5.75 Å². The van der Waals surface area contributed by atoms with Gasteiger partial charge in [0.1, 0.15) is 0 Å². The average Bonchev–Trinajstić information content (AvgIpc) is 2.46. The van der Waals surface area contributed by atoms with Gasteiger partial charge in [-0.2, -0.15) is 0 Å². The minimum absolute atomic E-state index is 0.103. The van der Waals surface area contributed by atoms with E-state index in [1.165, 1.54) is 25.3 Å². The van der Waals surface area contributed by atoms with Gasteiger partial charge in [-0.25, -0.2) is 4.39 Å². The number of amides is 1. The van der Waals surface area contributed by atoms with Gasteiger partial charge in [-0.3, -0.25) is 9.59 Å². The lowest BCUT2D eigenvalue weighted by molar-refractivity contribution is -0.138. The second-order valence-corrected chi connectivity index (χ2v) is 5.18. The molecule has 0 spiro atoms. The summed E-state index contributed by atoms with van der Waals surface area (Å²) in [6.07, 6.45) is 1.46. The summed E-state index contributed by atoms with van der Waals surface area (Å²) >= 11 is 0. The zero-order chi connectivity index (χ0) is 15.4. The normalized spacial score (nSPS) is 15.8. The molecule has 0 aromatic heterocycles. The Morgan fingerprint density at radius 2 is 2.05 bits per heavy atom. The molecule has 6 heteroatoms. The maximum Gasteiger partial charge on any atom is 0.303 e. The van der Waals surface area contributed by atoms with Crippen LogP contribution in [0.4, 0.5) is 4.39 Å². The Hall–Kier alpha value is -2.11. The van der Waals surface area contributed by atoms with Gasteiger partial charge in [-0.05, 0) is 37.0 Å². The number of benzene rings is 1. The predicted molar refractivity (Wildman–Crippen MR) is 73.8 cm³/mol. The molecule has 1 saturated heterocycles. The molecular formula is C15H18FNO4. The molecule has 5 nitrogen and oxygen atoms in total. The van der Waals surface area contributed by atoms with E-state index in [0.29, 0.717) is 25.9 Å². The van der Waals surface area contributed by atoms with E-state index in [1.54, 1.807) is 4.90 Å². The van der Waals surface area contributed by atoms with Crippen molar-refractivity contribution in [3.05, 3.63) is 29.6 Å². The number of carboxylic acid groups (broad SMARTS) is 1. The molecule has 0 atom stereocenters. The summed E-state index contributed by atoms with van der Waals surface area (Å²) in [7, 11) is 1.37. The number of methoxy groups -OCH3 is 1. The van der Waals surface area contributed by atoms with E-state index in [4.69, 9.17) is 9.84 Å². The van der Waals surface area contributed by atoms with E-state index in [2.05, 4.69) is 0 Å². The Bertz CT molecular complexity index is 538. The standard InChI is InChI=1S/C15H18FNO4/c1-21-13-3-2-11(9-12(13)16)15(20)17-6-4-10(5-7-17)8-14(18)19/h2-3,9-10H,4-8H2,1H3,(H,18,19). The first-order valence-corrected chi connectivity index (χ1v) is 6.86. The maximum absolute atomic E-state index is 13.6. The number of hydrogen-bond acceptors (Lipinski definition) is 3. The first-order chi connectivity index (χ1) is 10.0. The third kappa shape index (κ3) is 3.71. The quantitative estimate of drug-likeness (QED) is 0.924. The fraction of sp³-hybridized carbons (Fsp3) is 0.467. The lowest BCUT2D eigenvalue weighted by Crippen LogP contribution is -2.38. The highest BCUT2D eigenvalue weighted by molar-refractivity contribution is 5.94. The van der Waals surface area contributed by atoms with Crippen molar-refractivity contribution in [3.8, 4) is 5.75 Å². The SMILES string of the molecule is COc1ccc(C(=O)N2CCC(CC(=O)O)CC2)cc1F. The molecule has 1 fully saturated rings. The van der Waals surface area contributed by atoms with E-state index >= 15 is 0 Å². The molecule has 1 aromatic carbocycles. The lowest BCUT2D eigenvalue weighted by Gasteiger charge is -2.31. The first kappa shape index (κ1) is 15.3. The third-order valence-electron chi connectivity index (χ3n) is 3.76. The van der Waals surface area contributed by atoms with Gasteiger partial charge < -0.3 is 14.7 Å². The highest BCUT2D eigenvalue weighted by Gasteiger charge is 2.25. The van der Waals surface area contributed by atoms with Crippen molar-refractivity contribution < 1.29 is 23.8 Å². The van der Waals surface area contributed by atoms with Crippen molar-refractivity contribution in [2.45, 2.75) is 19.3 Å². The van der Waals surface area contributed by atoms with Gasteiger partial charge in [-0.1, -0.05) is 0 Å². The second-order valence-electron chi connectivity index (χ2n) is 5.18. The van der Waals surface area contributed by atoms with Crippen molar-refractivity contribution in [2.75, 3.05) is 20.2 Å². The molecule has 0 radical (unpaired) electrons. The van der Waals surface area contributed by atoms with Crippen molar-refractivity contribution >= 4 is 11.9 Å². The zero-order valence-electron chi connectivity index (χ0n) is 11.8. The van der Waals surface area contributed by atoms with Gasteiger partial charge >= 0.3 is 5.97 Å². The number of halogens is 1. The van der Waals surface area contributed by atoms with Gasteiger partial charge in [0.2, 0.25) is 0 Å². The fourth-order valence-electron chi connectivity index (χ4n) is 2.57. The number of carbonyl (C=O) groups is 2. The number of hydrogen-bond donors (Lipinski definition) is 1. The van der Waals surface area contributed by atoms with Crippen molar-refractivity contribution in [2.24, 2.45) is 5.92 Å². The largest absolute Gasteiger partial charge is 0.494 e. The van der Waals surface area contributed by atoms with Gasteiger partial charge in [0, 0.05) is 25.1 Å². The number of likely N-dealkylation sites (tertiary alicyclic amines) is 1. The number of rotatable bonds is 4. The van der Waals surface area contributed by atoms with Crippen molar-refractivity contribution in [1.29, 1.82) is 0 Å². The van der Waals surface area contributed by atoms with Crippen LogP contribution in [0.25, 0.3) is 0 Å². The van der Waals surface area contributed by atoms with Gasteiger partial charge in [0.25, 0.3) is 5.91 Å². The fourth-order valence-corrected chi connectivity index (χ4v) is 2.57. The number of carboxylic acids is 1. The third-order valence-corrected chi connectivity index (χ3v) is 3.76. The molecule has 1 aromatic rings. The number of ether oxygens (including phenoxy) is 1. The van der Waals surface area contributed by atoms with Crippen LogP contribution in [0.1, 0.15) is 29.6 Å². The molecule has 0 unspecified atom stereocenters. The molecule has 2 rings (SSSR count). The van der Waals surface area contributed by atoms with Crippen LogP contribution >= 0.6 is 0 Å². The van der Waals surface area contributed by atoms with E-state index in [-0.39, 0.29) is 29.6 Å². The lowest BCUT2D eigenvalue weighted by atomic mass is 9.93. The number of aliphatic carboxylic acids is 1. The molecule has 0 bridgehead atoms. The highest BCUT2D eigenvalue weighted by Crippen LogP contribution is 2.23. The molecule has 1 heterocycles. The van der Waals surface area contributed by atoms with E-state index < -0.39 is 11.8 Å². The van der Waals surface area contributed by atoms with Crippen molar-refractivity contribution in [1.82, 2.24) is 4.90 Å². The summed E-state index contributed by atoms with van der Waals surface area (Å²) in [5.74, 6) is -1.39. The molecule has 1 aliphatic rings. The van der Waals surface area contributed by atoms with Crippen LogP contribution in [-0.4, -0.2) is 42.1 Å². The van der Waals surface area contributed by atoms with Crippen LogP contribution in [0.15, 0.2) is 18.2 Å². The Labute approximate surface area is 122 Å². The molecule has 0 aliphatic carbocycles. The monoisotopic (exact) mass is 295 g/mol. The summed E-state index contributed by atoms with van der Waals surface area (Å²) < 4.78 is 18.4. The Morgan fingerprint density at radius 1 is 1.38 bits per heavy atom. The van der Waals surface area contributed by atoms with E-state index in [1.807, 2.05) is 0 Å². The Kier molecular flexibility index (Phi) is 4.77. The van der Waals surface area contributed by atoms with Crippen molar-refractivity contribution in [3.63, 3.8) is 0 Å². The molecule has 0 saturated carbocycles. The Morgan fingerprint density at radius 3 is 2.57 bits per heavy atom. The van der Waals surface area contributed by atoms with Gasteiger partial charge in [0.15, 0.2) is 11.6 Å². The van der Waals surface area contributed by atoms with Gasteiger partial charge in [-0.15, -0.1) is 0 Å². The van der Waals surface area contributed by atoms with Crippen LogP contribution in [0, 0.1) is 11.7 Å². The number of carbonyl (C=O) groups excluding carboxylic acids is 1. The topological polar surface area (TPSA) is 66.8 Å².